The predicted molar refractivity (Wildman–Crippen MR) is 89.9 cm³/mol. The Kier molecular flexibility index (Phi) is 5.46. The van der Waals surface area contributed by atoms with Crippen molar-refractivity contribution in [1.82, 2.24) is 19.9 Å². The average Bonchev–Trinajstić information content (AvgIpc) is 2.53. The van der Waals surface area contributed by atoms with Crippen molar-refractivity contribution in [2.45, 2.75) is 25.7 Å². The zero-order chi connectivity index (χ0) is 18.8. The third-order valence-corrected chi connectivity index (χ3v) is 3.81. The average molecular weight is 354 g/mol. The minimum Gasteiger partial charge on any atom is -0.368 e. The molecule has 0 radical (unpaired) electrons. The van der Waals surface area contributed by atoms with Crippen LogP contribution in [0.1, 0.15) is 29.9 Å². The summed E-state index contributed by atoms with van der Waals surface area (Å²) in [6, 6.07) is 4.92. The third kappa shape index (κ3) is 4.79. The number of nitrogens with two attached hydrogens (primary N) is 1. The standard InChI is InChI=1S/C16H21F3N6/c1-10(13-21-14(20)23-15(22-13)24(2)3)25(4)9-11-5-7-12(8-6-11)16(17,18)19/h5-8,10H,9H2,1-4H3,(H2,20,21,22,23)/t10-/m0/s1. The summed E-state index contributed by atoms with van der Waals surface area (Å²) in [6.45, 7) is 2.35. The molecule has 1 aromatic carbocycles. The summed E-state index contributed by atoms with van der Waals surface area (Å²) < 4.78 is 37.9. The molecule has 136 valence electrons. The SMILES string of the molecule is C[C@@H](c1nc(N)nc(N(C)C)n1)N(C)Cc1ccc(C(F)(F)F)cc1. The van der Waals surface area contributed by atoms with Gasteiger partial charge in [0.2, 0.25) is 11.9 Å². The Hall–Kier alpha value is -2.42. The molecule has 0 unspecified atom stereocenters. The minimum atomic E-state index is -4.33. The molecule has 1 heterocycles. The highest BCUT2D eigenvalue weighted by Gasteiger charge is 2.30. The third-order valence-electron chi connectivity index (χ3n) is 3.81. The summed E-state index contributed by atoms with van der Waals surface area (Å²) >= 11 is 0. The van der Waals surface area contributed by atoms with Crippen molar-refractivity contribution in [1.29, 1.82) is 0 Å². The lowest BCUT2D eigenvalue weighted by Gasteiger charge is -2.24. The first-order chi connectivity index (χ1) is 11.6. The van der Waals surface area contributed by atoms with E-state index in [-0.39, 0.29) is 12.0 Å². The molecule has 0 aliphatic carbocycles. The normalized spacial score (nSPS) is 13.1. The van der Waals surface area contributed by atoms with Gasteiger partial charge in [0.1, 0.15) is 0 Å². The van der Waals surface area contributed by atoms with Crippen LogP contribution in [-0.4, -0.2) is 41.0 Å². The summed E-state index contributed by atoms with van der Waals surface area (Å²) in [4.78, 5) is 16.2. The van der Waals surface area contributed by atoms with Gasteiger partial charge in [-0.1, -0.05) is 12.1 Å². The van der Waals surface area contributed by atoms with E-state index in [1.54, 1.807) is 19.0 Å². The second-order valence-corrected chi connectivity index (χ2v) is 6.03. The van der Waals surface area contributed by atoms with Gasteiger partial charge in [-0.15, -0.1) is 0 Å². The van der Waals surface area contributed by atoms with Crippen LogP contribution in [0.3, 0.4) is 0 Å². The molecule has 1 atom stereocenters. The van der Waals surface area contributed by atoms with Crippen molar-refractivity contribution in [3.63, 3.8) is 0 Å². The monoisotopic (exact) mass is 354 g/mol. The van der Waals surface area contributed by atoms with Gasteiger partial charge in [0.05, 0.1) is 11.6 Å². The van der Waals surface area contributed by atoms with Crippen molar-refractivity contribution in [3.05, 3.63) is 41.2 Å². The molecule has 2 N–H and O–H groups in total. The molecule has 6 nitrogen and oxygen atoms in total. The fraction of sp³-hybridized carbons (Fsp3) is 0.438. The highest BCUT2D eigenvalue weighted by atomic mass is 19.4. The number of nitrogens with zero attached hydrogens (tertiary/aromatic N) is 5. The van der Waals surface area contributed by atoms with E-state index in [4.69, 9.17) is 5.73 Å². The first kappa shape index (κ1) is 18.9. The number of rotatable bonds is 5. The number of alkyl halides is 3. The van der Waals surface area contributed by atoms with E-state index in [0.717, 1.165) is 17.7 Å². The Morgan fingerprint density at radius 2 is 1.64 bits per heavy atom. The molecule has 1 aromatic heterocycles. The first-order valence-electron chi connectivity index (χ1n) is 7.63. The van der Waals surface area contributed by atoms with Gasteiger partial charge in [-0.2, -0.15) is 28.1 Å². The van der Waals surface area contributed by atoms with Gasteiger partial charge < -0.3 is 10.6 Å². The molecule has 0 spiro atoms. The molecule has 0 fully saturated rings. The van der Waals surface area contributed by atoms with Crippen LogP contribution in [-0.2, 0) is 12.7 Å². The second-order valence-electron chi connectivity index (χ2n) is 6.03. The molecular weight excluding hydrogens is 333 g/mol. The van der Waals surface area contributed by atoms with Gasteiger partial charge in [-0.3, -0.25) is 4.90 Å². The topological polar surface area (TPSA) is 71.2 Å². The Morgan fingerprint density at radius 3 is 2.16 bits per heavy atom. The van der Waals surface area contributed by atoms with E-state index < -0.39 is 11.7 Å². The van der Waals surface area contributed by atoms with Crippen LogP contribution in [0.2, 0.25) is 0 Å². The van der Waals surface area contributed by atoms with Crippen LogP contribution in [0.4, 0.5) is 25.1 Å². The zero-order valence-electron chi connectivity index (χ0n) is 14.5. The van der Waals surface area contributed by atoms with Crippen molar-refractivity contribution in [3.8, 4) is 0 Å². The van der Waals surface area contributed by atoms with Crippen molar-refractivity contribution in [2.24, 2.45) is 0 Å². The van der Waals surface area contributed by atoms with Gasteiger partial charge in [-0.25, -0.2) is 0 Å². The number of nitrogen functional groups attached to an aromatic ring is 1. The summed E-state index contributed by atoms with van der Waals surface area (Å²) in [5, 5.41) is 0. The van der Waals surface area contributed by atoms with Crippen LogP contribution in [0.5, 0.6) is 0 Å². The molecule has 0 saturated heterocycles. The van der Waals surface area contributed by atoms with Crippen LogP contribution in [0, 0.1) is 0 Å². The van der Waals surface area contributed by atoms with E-state index in [0.29, 0.717) is 18.3 Å². The highest BCUT2D eigenvalue weighted by Crippen LogP contribution is 2.29. The fourth-order valence-corrected chi connectivity index (χ4v) is 2.21. The Morgan fingerprint density at radius 1 is 1.04 bits per heavy atom. The minimum absolute atomic E-state index is 0.128. The van der Waals surface area contributed by atoms with E-state index in [9.17, 15) is 13.2 Å². The first-order valence-corrected chi connectivity index (χ1v) is 7.63. The molecule has 0 saturated carbocycles. The lowest BCUT2D eigenvalue weighted by molar-refractivity contribution is -0.137. The maximum absolute atomic E-state index is 12.6. The number of benzene rings is 1. The largest absolute Gasteiger partial charge is 0.416 e. The van der Waals surface area contributed by atoms with Gasteiger partial charge in [0, 0.05) is 20.6 Å². The second kappa shape index (κ2) is 7.22. The number of hydrogen-bond donors (Lipinski definition) is 1. The Balaban J connectivity index is 2.14. The summed E-state index contributed by atoms with van der Waals surface area (Å²) in [5.41, 5.74) is 5.83. The maximum Gasteiger partial charge on any atom is 0.416 e. The lowest BCUT2D eigenvalue weighted by Crippen LogP contribution is -2.25. The van der Waals surface area contributed by atoms with Crippen LogP contribution in [0.25, 0.3) is 0 Å². The van der Waals surface area contributed by atoms with E-state index >= 15 is 0 Å². The number of anilines is 2. The molecular formula is C16H21F3N6. The summed E-state index contributed by atoms with van der Waals surface area (Å²) in [7, 11) is 5.45. The molecule has 0 bridgehead atoms. The van der Waals surface area contributed by atoms with Crippen LogP contribution >= 0.6 is 0 Å². The van der Waals surface area contributed by atoms with E-state index in [1.165, 1.54) is 12.1 Å². The fourth-order valence-electron chi connectivity index (χ4n) is 2.21. The molecule has 25 heavy (non-hydrogen) atoms. The Labute approximate surface area is 144 Å². The van der Waals surface area contributed by atoms with Crippen molar-refractivity contribution >= 4 is 11.9 Å². The smallest absolute Gasteiger partial charge is 0.368 e. The maximum atomic E-state index is 12.6. The van der Waals surface area contributed by atoms with E-state index in [2.05, 4.69) is 15.0 Å². The van der Waals surface area contributed by atoms with Crippen molar-refractivity contribution < 1.29 is 13.2 Å². The van der Waals surface area contributed by atoms with Crippen LogP contribution < -0.4 is 10.6 Å². The molecule has 2 aromatic rings. The van der Waals surface area contributed by atoms with Crippen molar-refractivity contribution in [2.75, 3.05) is 31.8 Å². The Bertz CT molecular complexity index is 715. The lowest BCUT2D eigenvalue weighted by atomic mass is 10.1. The van der Waals surface area contributed by atoms with Gasteiger partial charge in [0.25, 0.3) is 0 Å². The number of halogens is 3. The number of hydrogen-bond acceptors (Lipinski definition) is 6. The van der Waals surface area contributed by atoms with Gasteiger partial charge in [-0.05, 0) is 31.7 Å². The van der Waals surface area contributed by atoms with Gasteiger partial charge >= 0.3 is 6.18 Å². The van der Waals surface area contributed by atoms with E-state index in [1.807, 2.05) is 18.9 Å². The number of aromatic nitrogens is 3. The molecule has 0 aliphatic heterocycles. The van der Waals surface area contributed by atoms with Crippen LogP contribution in [0.15, 0.2) is 24.3 Å². The highest BCUT2D eigenvalue weighted by molar-refractivity contribution is 5.33. The molecule has 0 aliphatic rings. The predicted octanol–water partition coefficient (Wildman–Crippen LogP) is 2.73. The zero-order valence-corrected chi connectivity index (χ0v) is 14.5. The molecule has 0 amide bonds. The summed E-state index contributed by atoms with van der Waals surface area (Å²) in [5.74, 6) is 1.09. The summed E-state index contributed by atoms with van der Waals surface area (Å²) in [6.07, 6.45) is -4.33. The molecule has 9 heteroatoms. The van der Waals surface area contributed by atoms with Gasteiger partial charge in [0.15, 0.2) is 5.82 Å². The molecule has 2 rings (SSSR count). The quantitative estimate of drug-likeness (QED) is 0.890.